The molecule has 2 N–H and O–H groups in total. The zero-order chi connectivity index (χ0) is 14.4. The van der Waals surface area contributed by atoms with Crippen molar-refractivity contribution in [1.29, 1.82) is 0 Å². The average molecular weight is 289 g/mol. The first-order valence-electron chi connectivity index (χ1n) is 5.58. The van der Waals surface area contributed by atoms with Crippen LogP contribution in [0.4, 0.5) is 5.95 Å². The van der Waals surface area contributed by atoms with Crippen LogP contribution in [0.1, 0.15) is 10.4 Å². The Kier molecular flexibility index (Phi) is 4.51. The number of carbonyl (C=O) groups excluding carboxylic acids is 1. The molecule has 0 spiro atoms. The summed E-state index contributed by atoms with van der Waals surface area (Å²) >= 11 is 5.01. The third kappa shape index (κ3) is 3.69. The molecule has 2 aromatic rings. The Balaban J connectivity index is 1.97. The maximum Gasteiger partial charge on any atom is 0.258 e. The van der Waals surface area contributed by atoms with Crippen LogP contribution in [0, 0.1) is 0 Å². The van der Waals surface area contributed by atoms with Gasteiger partial charge in [-0.3, -0.25) is 15.1 Å². The van der Waals surface area contributed by atoms with Crippen molar-refractivity contribution in [3.8, 4) is 5.88 Å². The lowest BCUT2D eigenvalue weighted by molar-refractivity contribution is 0.0977. The number of rotatable bonds is 3. The van der Waals surface area contributed by atoms with E-state index in [4.69, 9.17) is 17.0 Å². The van der Waals surface area contributed by atoms with Crippen LogP contribution in [0.3, 0.4) is 0 Å². The van der Waals surface area contributed by atoms with Crippen LogP contribution >= 0.6 is 12.2 Å². The number of nitrogens with zero attached hydrogens (tertiary/aromatic N) is 3. The molecule has 2 rings (SSSR count). The number of pyridine rings is 1. The summed E-state index contributed by atoms with van der Waals surface area (Å²) in [6.07, 6.45) is 4.54. The summed E-state index contributed by atoms with van der Waals surface area (Å²) in [5, 5.41) is 5.29. The van der Waals surface area contributed by atoms with Crippen molar-refractivity contribution in [3.63, 3.8) is 0 Å². The van der Waals surface area contributed by atoms with Gasteiger partial charge < -0.3 is 10.1 Å². The van der Waals surface area contributed by atoms with Gasteiger partial charge in [-0.15, -0.1) is 0 Å². The fourth-order valence-corrected chi connectivity index (χ4v) is 1.51. The lowest BCUT2D eigenvalue weighted by Gasteiger charge is -2.08. The molecule has 0 saturated carbocycles. The number of hydrogen-bond donors (Lipinski definition) is 2. The SMILES string of the molecule is COc1ccnc(NC(=S)NC(=O)c2cccnc2)n1. The van der Waals surface area contributed by atoms with Gasteiger partial charge in [-0.05, 0) is 24.4 Å². The standard InChI is InChI=1S/C12H11N5O2S/c1-19-9-4-6-14-11(15-9)17-12(20)16-10(18)8-3-2-5-13-7-8/h2-7H,1H3,(H2,14,15,16,17,18,20). The van der Waals surface area contributed by atoms with Gasteiger partial charge in [0, 0.05) is 24.7 Å². The van der Waals surface area contributed by atoms with Gasteiger partial charge in [-0.2, -0.15) is 4.98 Å². The topological polar surface area (TPSA) is 89.0 Å². The summed E-state index contributed by atoms with van der Waals surface area (Å²) in [5.41, 5.74) is 0.406. The van der Waals surface area contributed by atoms with Crippen molar-refractivity contribution in [1.82, 2.24) is 20.3 Å². The second kappa shape index (κ2) is 6.53. The van der Waals surface area contributed by atoms with Gasteiger partial charge >= 0.3 is 0 Å². The molecule has 2 aromatic heterocycles. The van der Waals surface area contributed by atoms with Crippen LogP contribution in [-0.4, -0.2) is 33.1 Å². The minimum Gasteiger partial charge on any atom is -0.481 e. The number of hydrogen-bond acceptors (Lipinski definition) is 6. The van der Waals surface area contributed by atoms with Crippen molar-refractivity contribution in [2.45, 2.75) is 0 Å². The minimum absolute atomic E-state index is 0.0899. The van der Waals surface area contributed by atoms with Crippen molar-refractivity contribution < 1.29 is 9.53 Å². The number of methoxy groups -OCH3 is 1. The van der Waals surface area contributed by atoms with E-state index in [-0.39, 0.29) is 17.0 Å². The Bertz CT molecular complexity index is 620. The molecule has 0 fully saturated rings. The van der Waals surface area contributed by atoms with E-state index in [0.717, 1.165) is 0 Å². The molecule has 0 aliphatic heterocycles. The number of thiocarbonyl (C=S) groups is 1. The zero-order valence-electron chi connectivity index (χ0n) is 10.5. The van der Waals surface area contributed by atoms with E-state index < -0.39 is 0 Å². The Morgan fingerprint density at radius 1 is 1.35 bits per heavy atom. The lowest BCUT2D eigenvalue weighted by atomic mass is 10.3. The summed E-state index contributed by atoms with van der Waals surface area (Å²) < 4.78 is 4.96. The predicted molar refractivity (Wildman–Crippen MR) is 76.5 cm³/mol. The van der Waals surface area contributed by atoms with Gasteiger partial charge in [-0.1, -0.05) is 0 Å². The van der Waals surface area contributed by atoms with E-state index in [0.29, 0.717) is 11.4 Å². The number of anilines is 1. The monoisotopic (exact) mass is 289 g/mol. The molecule has 0 aliphatic carbocycles. The lowest BCUT2D eigenvalue weighted by Crippen LogP contribution is -2.34. The first kappa shape index (κ1) is 13.8. The van der Waals surface area contributed by atoms with Crippen LogP contribution < -0.4 is 15.4 Å². The molecule has 0 atom stereocenters. The van der Waals surface area contributed by atoms with Gasteiger partial charge in [0.05, 0.1) is 12.7 Å². The molecule has 0 aliphatic rings. The number of nitrogens with one attached hydrogen (secondary N) is 2. The Morgan fingerprint density at radius 3 is 2.90 bits per heavy atom. The highest BCUT2D eigenvalue weighted by atomic mass is 32.1. The fraction of sp³-hybridized carbons (Fsp3) is 0.0833. The number of amides is 1. The van der Waals surface area contributed by atoms with E-state index in [1.165, 1.54) is 19.5 Å². The van der Waals surface area contributed by atoms with Gasteiger partial charge in [0.2, 0.25) is 11.8 Å². The van der Waals surface area contributed by atoms with Crippen molar-refractivity contribution in [2.75, 3.05) is 12.4 Å². The summed E-state index contributed by atoms with van der Waals surface area (Å²) in [4.78, 5) is 23.6. The van der Waals surface area contributed by atoms with E-state index in [2.05, 4.69) is 25.6 Å². The van der Waals surface area contributed by atoms with Gasteiger partial charge in [-0.25, -0.2) is 4.98 Å². The molecule has 0 bridgehead atoms. The fourth-order valence-electron chi connectivity index (χ4n) is 1.32. The molecule has 2 heterocycles. The third-order valence-electron chi connectivity index (χ3n) is 2.22. The summed E-state index contributed by atoms with van der Waals surface area (Å²) in [5.74, 6) is 0.267. The molecule has 0 unspecified atom stereocenters. The molecule has 8 heteroatoms. The highest BCUT2D eigenvalue weighted by Crippen LogP contribution is 2.07. The molecule has 0 aromatic carbocycles. The highest BCUT2D eigenvalue weighted by Gasteiger charge is 2.08. The molecule has 0 saturated heterocycles. The Morgan fingerprint density at radius 2 is 2.20 bits per heavy atom. The van der Waals surface area contributed by atoms with E-state index in [1.807, 2.05) is 0 Å². The normalized spacial score (nSPS) is 9.65. The molecule has 20 heavy (non-hydrogen) atoms. The maximum atomic E-state index is 11.8. The van der Waals surface area contributed by atoms with Gasteiger partial charge in [0.25, 0.3) is 5.91 Å². The molecular formula is C12H11N5O2S. The van der Waals surface area contributed by atoms with Crippen LogP contribution in [0.15, 0.2) is 36.8 Å². The second-order valence-corrected chi connectivity index (χ2v) is 3.98. The molecule has 1 amide bonds. The first-order chi connectivity index (χ1) is 9.69. The third-order valence-corrected chi connectivity index (χ3v) is 2.42. The summed E-state index contributed by atoms with van der Waals surface area (Å²) in [7, 11) is 1.49. The highest BCUT2D eigenvalue weighted by molar-refractivity contribution is 7.80. The molecule has 7 nitrogen and oxygen atoms in total. The quantitative estimate of drug-likeness (QED) is 0.815. The van der Waals surface area contributed by atoms with Crippen LogP contribution in [-0.2, 0) is 0 Å². The van der Waals surface area contributed by atoms with E-state index in [9.17, 15) is 4.79 Å². The summed E-state index contributed by atoms with van der Waals surface area (Å²) in [6, 6.07) is 4.89. The van der Waals surface area contributed by atoms with E-state index in [1.54, 1.807) is 24.4 Å². The number of carbonyl (C=O) groups is 1. The van der Waals surface area contributed by atoms with Crippen LogP contribution in [0.25, 0.3) is 0 Å². The molecule has 0 radical (unpaired) electrons. The van der Waals surface area contributed by atoms with Crippen molar-refractivity contribution >= 4 is 29.2 Å². The van der Waals surface area contributed by atoms with E-state index >= 15 is 0 Å². The largest absolute Gasteiger partial charge is 0.481 e. The van der Waals surface area contributed by atoms with Crippen molar-refractivity contribution in [3.05, 3.63) is 42.4 Å². The minimum atomic E-state index is -0.363. The smallest absolute Gasteiger partial charge is 0.258 e. The van der Waals surface area contributed by atoms with Gasteiger partial charge in [0.15, 0.2) is 5.11 Å². The zero-order valence-corrected chi connectivity index (χ0v) is 11.3. The molecular weight excluding hydrogens is 278 g/mol. The van der Waals surface area contributed by atoms with Crippen LogP contribution in [0.5, 0.6) is 5.88 Å². The van der Waals surface area contributed by atoms with Crippen molar-refractivity contribution in [2.24, 2.45) is 0 Å². The predicted octanol–water partition coefficient (Wildman–Crippen LogP) is 1.01. The maximum absolute atomic E-state index is 11.8. The molecule has 102 valence electrons. The van der Waals surface area contributed by atoms with Gasteiger partial charge in [0.1, 0.15) is 0 Å². The second-order valence-electron chi connectivity index (χ2n) is 3.57. The Labute approximate surface area is 120 Å². The summed E-state index contributed by atoms with van der Waals surface area (Å²) in [6.45, 7) is 0. The first-order valence-corrected chi connectivity index (χ1v) is 5.99. The number of ether oxygens (including phenoxy) is 1. The average Bonchev–Trinajstić information content (AvgIpc) is 2.48. The number of aromatic nitrogens is 3. The van der Waals surface area contributed by atoms with Crippen LogP contribution in [0.2, 0.25) is 0 Å². The Hall–Kier alpha value is -2.61.